The van der Waals surface area contributed by atoms with Gasteiger partial charge in [0.05, 0.1) is 18.1 Å². The van der Waals surface area contributed by atoms with E-state index in [1.807, 2.05) is 0 Å². The Morgan fingerprint density at radius 2 is 1.42 bits per heavy atom. The number of hydrogen-bond acceptors (Lipinski definition) is 3. The summed E-state index contributed by atoms with van der Waals surface area (Å²) in [5.41, 5.74) is 5.55. The Morgan fingerprint density at radius 3 is 1.85 bits per heavy atom. The van der Waals surface area contributed by atoms with Crippen LogP contribution < -0.4 is 0 Å². The summed E-state index contributed by atoms with van der Waals surface area (Å²) in [4.78, 5) is 13.3. The fraction of sp³-hybridized carbons (Fsp3) is 0.750. The molecular weight excluding hydrogens is 440 g/mol. The molecule has 2 atom stereocenters. The second-order valence-corrected chi connectivity index (χ2v) is 21.5. The maximum absolute atomic E-state index is 13.3. The Hall–Kier alpha value is -0.756. The predicted octanol–water partition coefficient (Wildman–Crippen LogP) is 7.63. The van der Waals surface area contributed by atoms with Crippen molar-refractivity contribution in [3.63, 3.8) is 0 Å². The van der Waals surface area contributed by atoms with Crippen molar-refractivity contribution in [2.75, 3.05) is 6.61 Å². The number of carbonyl (C=O) groups is 1. The van der Waals surface area contributed by atoms with Crippen LogP contribution in [0.1, 0.15) is 88.5 Å². The van der Waals surface area contributed by atoms with Gasteiger partial charge in [0, 0.05) is 5.92 Å². The lowest BCUT2D eigenvalue weighted by Gasteiger charge is -2.59. The average molecular weight is 489 g/mol. The summed E-state index contributed by atoms with van der Waals surface area (Å²) in [6, 6.07) is 6.69. The van der Waals surface area contributed by atoms with E-state index in [4.69, 9.17) is 8.85 Å². The summed E-state index contributed by atoms with van der Waals surface area (Å²) in [5, 5.41) is 0. The first-order valence-electron chi connectivity index (χ1n) is 13.1. The molecule has 2 aliphatic rings. The highest BCUT2D eigenvalue weighted by molar-refractivity contribution is 6.86. The van der Waals surface area contributed by atoms with Gasteiger partial charge in [-0.25, -0.2) is 0 Å². The first-order valence-corrected chi connectivity index (χ1v) is 19.4. The van der Waals surface area contributed by atoms with Gasteiger partial charge in [-0.3, -0.25) is 4.79 Å². The second-order valence-electron chi connectivity index (χ2n) is 13.0. The van der Waals surface area contributed by atoms with Crippen molar-refractivity contribution in [1.29, 1.82) is 0 Å². The summed E-state index contributed by atoms with van der Waals surface area (Å²) < 4.78 is 13.2. The molecule has 1 aromatic rings. The van der Waals surface area contributed by atoms with Crippen LogP contribution in [0.3, 0.4) is 0 Å². The maximum Gasteiger partial charge on any atom is 0.174 e. The quantitative estimate of drug-likeness (QED) is 0.370. The van der Waals surface area contributed by atoms with Gasteiger partial charge in [0.2, 0.25) is 0 Å². The Labute approximate surface area is 205 Å². The van der Waals surface area contributed by atoms with E-state index in [1.165, 1.54) is 22.3 Å². The third-order valence-corrected chi connectivity index (χ3v) is 15.2. The molecule has 0 N–H and O–H groups in total. The standard InChI is InChI=1S/C28H48O3Si2/c1-18(2)22-14-24(19(3)4)23(25(15-22)20(5)6)12-13-30-27-21(7)26(29)28(27)16-32(8,9)31-33(10,11)17-28/h14-15,18-21,27H,12-13,16-17H2,1-11H3/t21-,27-/m1/s1. The SMILES string of the molecule is CC(C)c1cc(C(C)C)c(CCO[C@@H]2[C@H](C)C(=O)C23C[Si](C)(C)O[Si](C)(C)C3)c(C(C)C)c1. The third-order valence-electron chi connectivity index (χ3n) is 7.84. The summed E-state index contributed by atoms with van der Waals surface area (Å²) in [6.45, 7) is 25.7. The van der Waals surface area contributed by atoms with Crippen molar-refractivity contribution in [1.82, 2.24) is 0 Å². The van der Waals surface area contributed by atoms with Gasteiger partial charge in [-0.15, -0.1) is 0 Å². The molecular formula is C28H48O3Si2. The van der Waals surface area contributed by atoms with E-state index >= 15 is 0 Å². The van der Waals surface area contributed by atoms with Gasteiger partial charge in [0.15, 0.2) is 16.6 Å². The minimum atomic E-state index is -1.85. The zero-order valence-corrected chi connectivity index (χ0v) is 25.1. The van der Waals surface area contributed by atoms with Gasteiger partial charge in [-0.05, 0) is 84.7 Å². The predicted molar refractivity (Wildman–Crippen MR) is 144 cm³/mol. The van der Waals surface area contributed by atoms with Gasteiger partial charge in [0.25, 0.3) is 0 Å². The molecule has 1 spiro atoms. The topological polar surface area (TPSA) is 35.5 Å². The Balaban J connectivity index is 1.84. The number of Topliss-reactive ketones (excluding diaryl/α,β-unsaturated/α-hetero) is 1. The monoisotopic (exact) mass is 488 g/mol. The molecule has 0 unspecified atom stereocenters. The lowest BCUT2D eigenvalue weighted by atomic mass is 9.60. The van der Waals surface area contributed by atoms with E-state index in [2.05, 4.69) is 86.8 Å². The molecule has 1 heterocycles. The zero-order valence-electron chi connectivity index (χ0n) is 23.1. The van der Waals surface area contributed by atoms with Gasteiger partial charge in [-0.1, -0.05) is 60.6 Å². The van der Waals surface area contributed by atoms with E-state index in [0.29, 0.717) is 30.1 Å². The molecule has 2 fully saturated rings. The summed E-state index contributed by atoms with van der Waals surface area (Å²) in [6.07, 6.45) is 0.970. The van der Waals surface area contributed by atoms with E-state index < -0.39 is 16.6 Å². The molecule has 1 aliphatic heterocycles. The number of ether oxygens (including phenoxy) is 1. The van der Waals surface area contributed by atoms with Crippen LogP contribution in [0.25, 0.3) is 0 Å². The smallest absolute Gasteiger partial charge is 0.174 e. The lowest BCUT2D eigenvalue weighted by molar-refractivity contribution is -0.173. The Morgan fingerprint density at radius 1 is 0.939 bits per heavy atom. The fourth-order valence-corrected chi connectivity index (χ4v) is 17.7. The average Bonchev–Trinajstić information content (AvgIpc) is 2.67. The molecule has 1 saturated carbocycles. The van der Waals surface area contributed by atoms with Crippen LogP contribution in [0.4, 0.5) is 0 Å². The molecule has 3 rings (SSSR count). The van der Waals surface area contributed by atoms with Gasteiger partial charge in [-0.2, -0.15) is 0 Å². The molecule has 5 heteroatoms. The van der Waals surface area contributed by atoms with Crippen LogP contribution in [-0.4, -0.2) is 35.1 Å². The van der Waals surface area contributed by atoms with Crippen LogP contribution in [0.15, 0.2) is 12.1 Å². The number of rotatable bonds is 7. The van der Waals surface area contributed by atoms with E-state index in [9.17, 15) is 4.79 Å². The highest BCUT2D eigenvalue weighted by atomic mass is 28.4. The summed E-state index contributed by atoms with van der Waals surface area (Å²) in [7, 11) is -3.70. The lowest BCUT2D eigenvalue weighted by Crippen LogP contribution is -2.70. The highest BCUT2D eigenvalue weighted by Gasteiger charge is 2.66. The molecule has 0 radical (unpaired) electrons. The first kappa shape index (κ1) is 26.8. The number of ketones is 1. The van der Waals surface area contributed by atoms with Crippen LogP contribution in [0.2, 0.25) is 38.3 Å². The number of benzene rings is 1. The number of carbonyl (C=O) groups excluding carboxylic acids is 1. The largest absolute Gasteiger partial charge is 0.455 e. The van der Waals surface area contributed by atoms with Gasteiger partial charge < -0.3 is 8.85 Å². The zero-order chi connectivity index (χ0) is 24.9. The minimum Gasteiger partial charge on any atom is -0.455 e. The van der Waals surface area contributed by atoms with Crippen molar-refractivity contribution in [3.8, 4) is 0 Å². The van der Waals surface area contributed by atoms with E-state index in [-0.39, 0.29) is 17.4 Å². The summed E-state index contributed by atoms with van der Waals surface area (Å²) >= 11 is 0. The molecule has 0 bridgehead atoms. The van der Waals surface area contributed by atoms with Crippen molar-refractivity contribution in [2.24, 2.45) is 11.3 Å². The van der Waals surface area contributed by atoms with Crippen LogP contribution >= 0.6 is 0 Å². The van der Waals surface area contributed by atoms with Crippen molar-refractivity contribution >= 4 is 22.4 Å². The van der Waals surface area contributed by atoms with Crippen molar-refractivity contribution in [2.45, 2.75) is 117 Å². The normalized spacial score (nSPS) is 25.8. The Kier molecular flexibility index (Phi) is 7.62. The van der Waals surface area contributed by atoms with E-state index in [1.54, 1.807) is 0 Å². The third kappa shape index (κ3) is 5.26. The molecule has 1 saturated heterocycles. The summed E-state index contributed by atoms with van der Waals surface area (Å²) in [5.74, 6) is 1.95. The fourth-order valence-electron chi connectivity index (χ4n) is 6.88. The highest BCUT2D eigenvalue weighted by Crippen LogP contribution is 2.57. The second kappa shape index (κ2) is 9.36. The first-order chi connectivity index (χ1) is 15.1. The van der Waals surface area contributed by atoms with Crippen LogP contribution in [0.5, 0.6) is 0 Å². The molecule has 0 amide bonds. The van der Waals surface area contributed by atoms with Crippen molar-refractivity contribution in [3.05, 3.63) is 34.4 Å². The molecule has 186 valence electrons. The van der Waals surface area contributed by atoms with E-state index in [0.717, 1.165) is 18.5 Å². The van der Waals surface area contributed by atoms with Crippen LogP contribution in [0, 0.1) is 11.3 Å². The maximum atomic E-state index is 13.3. The van der Waals surface area contributed by atoms with Crippen molar-refractivity contribution < 1.29 is 13.6 Å². The number of hydrogen-bond donors (Lipinski definition) is 0. The molecule has 0 aromatic heterocycles. The molecule has 1 aliphatic carbocycles. The molecule has 1 aromatic carbocycles. The van der Waals surface area contributed by atoms with Crippen LogP contribution in [-0.2, 0) is 20.1 Å². The Bertz CT molecular complexity index is 840. The van der Waals surface area contributed by atoms with Gasteiger partial charge >= 0.3 is 0 Å². The molecule has 33 heavy (non-hydrogen) atoms. The molecule has 3 nitrogen and oxygen atoms in total. The minimum absolute atomic E-state index is 0.00940. The van der Waals surface area contributed by atoms with Gasteiger partial charge in [0.1, 0.15) is 5.78 Å².